The molecule has 0 saturated carbocycles. The number of amides is 2. The van der Waals surface area contributed by atoms with Crippen molar-refractivity contribution in [3.63, 3.8) is 0 Å². The van der Waals surface area contributed by atoms with Crippen LogP contribution in [0.2, 0.25) is 0 Å². The fourth-order valence-corrected chi connectivity index (χ4v) is 4.65. The van der Waals surface area contributed by atoms with Crippen molar-refractivity contribution in [1.82, 2.24) is 14.8 Å². The second kappa shape index (κ2) is 6.16. The van der Waals surface area contributed by atoms with Crippen LogP contribution in [-0.2, 0) is 4.79 Å². The van der Waals surface area contributed by atoms with Gasteiger partial charge in [-0.25, -0.2) is 0 Å². The molecule has 3 heterocycles. The maximum atomic E-state index is 12.9. The van der Waals surface area contributed by atoms with E-state index in [1.807, 2.05) is 36.1 Å². The number of fused-ring (bicyclic) bond motifs is 1. The lowest BCUT2D eigenvalue weighted by Gasteiger charge is -2.26. The van der Waals surface area contributed by atoms with Gasteiger partial charge in [0.25, 0.3) is 5.91 Å². The molecule has 0 radical (unpaired) electrons. The molecule has 24 heavy (non-hydrogen) atoms. The SMILES string of the molecule is Cc1ccc2cc(C(=O)N3CSC[C@@H]3C(=O)N3CCCC3)[nH]c2c1. The largest absolute Gasteiger partial charge is 0.351 e. The Morgan fingerprint density at radius 3 is 2.79 bits per heavy atom. The Morgan fingerprint density at radius 1 is 1.21 bits per heavy atom. The number of nitrogens with one attached hydrogen (secondary N) is 1. The number of thioether (sulfide) groups is 1. The van der Waals surface area contributed by atoms with E-state index in [2.05, 4.69) is 4.98 Å². The zero-order valence-electron chi connectivity index (χ0n) is 13.7. The molecule has 4 rings (SSSR count). The van der Waals surface area contributed by atoms with Gasteiger partial charge in [-0.3, -0.25) is 9.59 Å². The number of H-pyrrole nitrogens is 1. The first-order valence-electron chi connectivity index (χ1n) is 8.40. The van der Waals surface area contributed by atoms with E-state index in [0.29, 0.717) is 17.3 Å². The predicted octanol–water partition coefficient (Wildman–Crippen LogP) is 2.61. The van der Waals surface area contributed by atoms with Gasteiger partial charge in [0.2, 0.25) is 5.91 Å². The first-order chi connectivity index (χ1) is 11.6. The molecule has 1 N–H and O–H groups in total. The molecule has 1 atom stereocenters. The van der Waals surface area contributed by atoms with E-state index in [1.165, 1.54) is 0 Å². The van der Waals surface area contributed by atoms with Crippen LogP contribution in [0.15, 0.2) is 24.3 Å². The summed E-state index contributed by atoms with van der Waals surface area (Å²) in [5, 5.41) is 1.03. The number of hydrogen-bond donors (Lipinski definition) is 1. The van der Waals surface area contributed by atoms with Crippen molar-refractivity contribution < 1.29 is 9.59 Å². The molecule has 6 heteroatoms. The normalized spacial score (nSPS) is 21.0. The van der Waals surface area contributed by atoms with Gasteiger partial charge >= 0.3 is 0 Å². The maximum Gasteiger partial charge on any atom is 0.271 e. The summed E-state index contributed by atoms with van der Waals surface area (Å²) in [6.45, 7) is 3.69. The van der Waals surface area contributed by atoms with Gasteiger partial charge in [-0.15, -0.1) is 11.8 Å². The van der Waals surface area contributed by atoms with Crippen LogP contribution in [-0.4, -0.2) is 57.4 Å². The van der Waals surface area contributed by atoms with Crippen LogP contribution in [0.4, 0.5) is 0 Å². The molecule has 1 aromatic heterocycles. The van der Waals surface area contributed by atoms with Crippen molar-refractivity contribution in [3.05, 3.63) is 35.5 Å². The third kappa shape index (κ3) is 2.69. The number of aromatic nitrogens is 1. The Kier molecular flexibility index (Phi) is 4.00. The molecule has 1 aromatic carbocycles. The van der Waals surface area contributed by atoms with Crippen molar-refractivity contribution >= 4 is 34.5 Å². The summed E-state index contributed by atoms with van der Waals surface area (Å²) in [5.41, 5.74) is 2.69. The second-order valence-corrected chi connectivity index (χ2v) is 7.60. The van der Waals surface area contributed by atoms with Gasteiger partial charge in [0.15, 0.2) is 0 Å². The highest BCUT2D eigenvalue weighted by Gasteiger charge is 2.38. The third-order valence-corrected chi connectivity index (χ3v) is 5.87. The molecular weight excluding hydrogens is 322 g/mol. The standard InChI is InChI=1S/C18H21N3O2S/c1-12-4-5-13-9-15(19-14(13)8-12)17(22)21-11-24-10-16(21)18(23)20-6-2-3-7-20/h4-5,8-9,16,19H,2-3,6-7,10-11H2,1H3/t16-/m1/s1. The van der Waals surface area contributed by atoms with Crippen molar-refractivity contribution in [3.8, 4) is 0 Å². The van der Waals surface area contributed by atoms with Crippen molar-refractivity contribution in [2.75, 3.05) is 24.7 Å². The molecule has 0 unspecified atom stereocenters. The minimum atomic E-state index is -0.325. The lowest BCUT2D eigenvalue weighted by Crippen LogP contribution is -2.48. The quantitative estimate of drug-likeness (QED) is 0.912. The lowest BCUT2D eigenvalue weighted by molar-refractivity contribution is -0.133. The molecule has 126 valence electrons. The monoisotopic (exact) mass is 343 g/mol. The molecule has 2 aliphatic rings. The van der Waals surface area contributed by atoms with Gasteiger partial charge in [-0.2, -0.15) is 0 Å². The average molecular weight is 343 g/mol. The molecule has 0 bridgehead atoms. The van der Waals surface area contributed by atoms with E-state index in [9.17, 15) is 9.59 Å². The summed E-state index contributed by atoms with van der Waals surface area (Å²) < 4.78 is 0. The highest BCUT2D eigenvalue weighted by Crippen LogP contribution is 2.27. The van der Waals surface area contributed by atoms with Gasteiger partial charge in [0.05, 0.1) is 5.88 Å². The number of rotatable bonds is 2. The number of hydrogen-bond acceptors (Lipinski definition) is 3. The Morgan fingerprint density at radius 2 is 2.00 bits per heavy atom. The van der Waals surface area contributed by atoms with Gasteiger partial charge in [-0.05, 0) is 37.5 Å². The van der Waals surface area contributed by atoms with Crippen LogP contribution in [0.1, 0.15) is 28.9 Å². The lowest BCUT2D eigenvalue weighted by atomic mass is 10.2. The van der Waals surface area contributed by atoms with Crippen LogP contribution >= 0.6 is 11.8 Å². The molecule has 2 amide bonds. The predicted molar refractivity (Wildman–Crippen MR) is 96.1 cm³/mol. The first kappa shape index (κ1) is 15.6. The molecule has 0 spiro atoms. The highest BCUT2D eigenvalue weighted by molar-refractivity contribution is 7.99. The number of nitrogens with zero attached hydrogens (tertiary/aromatic N) is 2. The number of aryl methyl sites for hydroxylation is 1. The van der Waals surface area contributed by atoms with Gasteiger partial charge in [0, 0.05) is 29.7 Å². The van der Waals surface area contributed by atoms with E-state index in [1.54, 1.807) is 16.7 Å². The zero-order chi connectivity index (χ0) is 16.7. The Hall–Kier alpha value is -1.95. The minimum absolute atomic E-state index is 0.0774. The van der Waals surface area contributed by atoms with E-state index in [4.69, 9.17) is 0 Å². The van der Waals surface area contributed by atoms with Crippen LogP contribution in [0.25, 0.3) is 10.9 Å². The second-order valence-electron chi connectivity index (χ2n) is 6.60. The Bertz CT molecular complexity index is 795. The van der Waals surface area contributed by atoms with Crippen molar-refractivity contribution in [1.29, 1.82) is 0 Å². The summed E-state index contributed by atoms with van der Waals surface area (Å²) in [5.74, 6) is 1.31. The van der Waals surface area contributed by atoms with E-state index in [-0.39, 0.29) is 17.9 Å². The topological polar surface area (TPSA) is 56.4 Å². The fraction of sp³-hybridized carbons (Fsp3) is 0.444. The van der Waals surface area contributed by atoms with Crippen LogP contribution in [0.5, 0.6) is 0 Å². The van der Waals surface area contributed by atoms with E-state index >= 15 is 0 Å². The molecule has 2 aromatic rings. The summed E-state index contributed by atoms with van der Waals surface area (Å²) in [6, 6.07) is 7.66. The van der Waals surface area contributed by atoms with E-state index in [0.717, 1.165) is 42.4 Å². The summed E-state index contributed by atoms with van der Waals surface area (Å²) >= 11 is 1.65. The first-order valence-corrected chi connectivity index (χ1v) is 9.56. The molecular formula is C18H21N3O2S. The summed E-state index contributed by atoms with van der Waals surface area (Å²) in [7, 11) is 0. The number of benzene rings is 1. The maximum absolute atomic E-state index is 12.9. The zero-order valence-corrected chi connectivity index (χ0v) is 14.6. The number of likely N-dealkylation sites (tertiary alicyclic amines) is 1. The van der Waals surface area contributed by atoms with Crippen molar-refractivity contribution in [2.45, 2.75) is 25.8 Å². The smallest absolute Gasteiger partial charge is 0.271 e. The number of carbonyl (C=O) groups excluding carboxylic acids is 2. The van der Waals surface area contributed by atoms with Gasteiger partial charge < -0.3 is 14.8 Å². The highest BCUT2D eigenvalue weighted by atomic mass is 32.2. The molecule has 2 aliphatic heterocycles. The van der Waals surface area contributed by atoms with Crippen LogP contribution in [0, 0.1) is 6.92 Å². The van der Waals surface area contributed by atoms with Gasteiger partial charge in [0.1, 0.15) is 11.7 Å². The minimum Gasteiger partial charge on any atom is -0.351 e. The number of carbonyl (C=O) groups is 2. The number of aromatic amines is 1. The van der Waals surface area contributed by atoms with Crippen LogP contribution in [0.3, 0.4) is 0 Å². The van der Waals surface area contributed by atoms with Crippen molar-refractivity contribution in [2.24, 2.45) is 0 Å². The molecule has 2 fully saturated rings. The fourth-order valence-electron chi connectivity index (χ4n) is 3.51. The van der Waals surface area contributed by atoms with Gasteiger partial charge in [-0.1, -0.05) is 12.1 Å². The van der Waals surface area contributed by atoms with Crippen LogP contribution < -0.4 is 0 Å². The molecule has 5 nitrogen and oxygen atoms in total. The Labute approximate surface area is 145 Å². The molecule has 0 aliphatic carbocycles. The Balaban J connectivity index is 1.58. The van der Waals surface area contributed by atoms with E-state index < -0.39 is 0 Å². The molecule has 2 saturated heterocycles. The summed E-state index contributed by atoms with van der Waals surface area (Å²) in [4.78, 5) is 32.5. The summed E-state index contributed by atoms with van der Waals surface area (Å²) in [6.07, 6.45) is 2.14. The average Bonchev–Trinajstić information content (AvgIpc) is 3.31. The third-order valence-electron chi connectivity index (χ3n) is 4.85.